The van der Waals surface area contributed by atoms with Crippen molar-refractivity contribution in [2.75, 3.05) is 5.73 Å². The minimum atomic E-state index is -0.641. The molecule has 0 radical (unpaired) electrons. The van der Waals surface area contributed by atoms with E-state index in [1.54, 1.807) is 13.1 Å². The van der Waals surface area contributed by atoms with Crippen LogP contribution in [-0.2, 0) is 22.4 Å². The molecule has 162 valence electrons. The van der Waals surface area contributed by atoms with Crippen LogP contribution in [0.3, 0.4) is 0 Å². The highest BCUT2D eigenvalue weighted by Gasteiger charge is 2.20. The van der Waals surface area contributed by atoms with Crippen LogP contribution in [0.15, 0.2) is 54.7 Å². The third-order valence-electron chi connectivity index (χ3n) is 5.76. The van der Waals surface area contributed by atoms with Gasteiger partial charge in [-0.25, -0.2) is 4.98 Å². The van der Waals surface area contributed by atoms with Gasteiger partial charge in [-0.05, 0) is 61.3 Å². The Bertz CT molecular complexity index is 1070. The second kappa shape index (κ2) is 10.2. The zero-order chi connectivity index (χ0) is 22.4. The maximum absolute atomic E-state index is 12.6. The SMILES string of the molecule is Cc1c(CCC(=O)[C@H](C)NC(=O)[C@H](N)CCc2ccccc2)ccc2c(N)nccc12. The first-order chi connectivity index (χ1) is 14.9. The lowest BCUT2D eigenvalue weighted by molar-refractivity contribution is -0.128. The Labute approximate surface area is 183 Å². The molecule has 0 saturated carbocycles. The minimum absolute atomic E-state index is 0.0163. The summed E-state index contributed by atoms with van der Waals surface area (Å²) in [7, 11) is 0. The van der Waals surface area contributed by atoms with Crippen LogP contribution in [0, 0.1) is 6.92 Å². The van der Waals surface area contributed by atoms with Gasteiger partial charge < -0.3 is 16.8 Å². The number of pyridine rings is 1. The number of carbonyl (C=O) groups is 2. The number of nitrogens with two attached hydrogens (primary N) is 2. The molecular formula is C25H30N4O2. The van der Waals surface area contributed by atoms with Gasteiger partial charge in [-0.3, -0.25) is 9.59 Å². The van der Waals surface area contributed by atoms with Gasteiger partial charge in [0.05, 0.1) is 12.1 Å². The summed E-state index contributed by atoms with van der Waals surface area (Å²) in [5.41, 5.74) is 15.3. The number of Topliss-reactive ketones (excluding diaryl/α,β-unsaturated/α-hetero) is 1. The topological polar surface area (TPSA) is 111 Å². The first-order valence-corrected chi connectivity index (χ1v) is 10.6. The van der Waals surface area contributed by atoms with Crippen LogP contribution in [0.2, 0.25) is 0 Å². The zero-order valence-electron chi connectivity index (χ0n) is 18.1. The summed E-state index contributed by atoms with van der Waals surface area (Å²) in [6.07, 6.45) is 3.89. The van der Waals surface area contributed by atoms with Gasteiger partial charge in [0.25, 0.3) is 0 Å². The highest BCUT2D eigenvalue weighted by atomic mass is 16.2. The molecule has 0 aliphatic rings. The number of hydrogen-bond acceptors (Lipinski definition) is 5. The number of aromatic nitrogens is 1. The Morgan fingerprint density at radius 2 is 1.77 bits per heavy atom. The van der Waals surface area contributed by atoms with Crippen molar-refractivity contribution in [3.8, 4) is 0 Å². The van der Waals surface area contributed by atoms with Crippen LogP contribution in [0.4, 0.5) is 5.82 Å². The third kappa shape index (κ3) is 5.67. The normalized spacial score (nSPS) is 13.0. The van der Waals surface area contributed by atoms with Gasteiger partial charge in [-0.15, -0.1) is 0 Å². The highest BCUT2D eigenvalue weighted by molar-refractivity contribution is 5.94. The third-order valence-corrected chi connectivity index (χ3v) is 5.76. The van der Waals surface area contributed by atoms with E-state index >= 15 is 0 Å². The summed E-state index contributed by atoms with van der Waals surface area (Å²) in [6, 6.07) is 14.6. The molecular weight excluding hydrogens is 388 g/mol. The number of hydrogen-bond donors (Lipinski definition) is 3. The molecule has 0 fully saturated rings. The van der Waals surface area contributed by atoms with Crippen molar-refractivity contribution in [3.05, 3.63) is 71.4 Å². The summed E-state index contributed by atoms with van der Waals surface area (Å²) < 4.78 is 0. The van der Waals surface area contributed by atoms with Crippen molar-refractivity contribution in [2.24, 2.45) is 5.73 Å². The highest BCUT2D eigenvalue weighted by Crippen LogP contribution is 2.25. The number of nitrogens with one attached hydrogen (secondary N) is 1. The lowest BCUT2D eigenvalue weighted by Gasteiger charge is -2.17. The lowest BCUT2D eigenvalue weighted by atomic mass is 9.96. The molecule has 3 aromatic rings. The van der Waals surface area contributed by atoms with Crippen molar-refractivity contribution in [1.29, 1.82) is 0 Å². The first kappa shape index (κ1) is 22.4. The monoisotopic (exact) mass is 418 g/mol. The fraction of sp³-hybridized carbons (Fsp3) is 0.320. The predicted octanol–water partition coefficient (Wildman–Crippen LogP) is 3.09. The number of nitrogen functional groups attached to an aromatic ring is 1. The number of anilines is 1. The molecule has 6 nitrogen and oxygen atoms in total. The zero-order valence-corrected chi connectivity index (χ0v) is 18.1. The van der Waals surface area contributed by atoms with E-state index in [2.05, 4.69) is 10.3 Å². The van der Waals surface area contributed by atoms with Crippen molar-refractivity contribution in [3.63, 3.8) is 0 Å². The fourth-order valence-electron chi connectivity index (χ4n) is 3.72. The molecule has 0 aliphatic heterocycles. The minimum Gasteiger partial charge on any atom is -0.383 e. The molecule has 6 heteroatoms. The molecule has 0 spiro atoms. The van der Waals surface area contributed by atoms with Gasteiger partial charge in [0.2, 0.25) is 5.91 Å². The average Bonchev–Trinajstić information content (AvgIpc) is 2.77. The van der Waals surface area contributed by atoms with Crippen molar-refractivity contribution in [2.45, 2.75) is 51.6 Å². The maximum atomic E-state index is 12.6. The van der Waals surface area contributed by atoms with Crippen molar-refractivity contribution >= 4 is 28.3 Å². The average molecular weight is 419 g/mol. The number of fused-ring (bicyclic) bond motifs is 1. The lowest BCUT2D eigenvalue weighted by Crippen LogP contribution is -2.47. The van der Waals surface area contributed by atoms with E-state index < -0.39 is 12.1 Å². The van der Waals surface area contributed by atoms with Gasteiger partial charge in [0.15, 0.2) is 5.78 Å². The van der Waals surface area contributed by atoms with Gasteiger partial charge in [0.1, 0.15) is 5.82 Å². The molecule has 2 aromatic carbocycles. The summed E-state index contributed by atoms with van der Waals surface area (Å²) in [5, 5.41) is 4.73. The molecule has 2 atom stereocenters. The first-order valence-electron chi connectivity index (χ1n) is 10.6. The second-order valence-electron chi connectivity index (χ2n) is 7.97. The van der Waals surface area contributed by atoms with Gasteiger partial charge in [-0.1, -0.05) is 42.5 Å². The summed E-state index contributed by atoms with van der Waals surface area (Å²) >= 11 is 0. The molecule has 0 aliphatic carbocycles. The van der Waals surface area contributed by atoms with Crippen LogP contribution in [0.5, 0.6) is 0 Å². The van der Waals surface area contributed by atoms with E-state index in [4.69, 9.17) is 11.5 Å². The number of ketones is 1. The van der Waals surface area contributed by atoms with E-state index in [0.29, 0.717) is 25.1 Å². The smallest absolute Gasteiger partial charge is 0.237 e. The number of rotatable bonds is 9. The number of benzene rings is 2. The molecule has 0 unspecified atom stereocenters. The van der Waals surface area contributed by atoms with Crippen LogP contribution < -0.4 is 16.8 Å². The molecule has 31 heavy (non-hydrogen) atoms. The van der Waals surface area contributed by atoms with Crippen molar-refractivity contribution < 1.29 is 9.59 Å². The van der Waals surface area contributed by atoms with Gasteiger partial charge >= 0.3 is 0 Å². The molecule has 1 amide bonds. The molecule has 1 aromatic heterocycles. The summed E-state index contributed by atoms with van der Waals surface area (Å²) in [4.78, 5) is 29.1. The summed E-state index contributed by atoms with van der Waals surface area (Å²) in [6.45, 7) is 3.74. The quantitative estimate of drug-likeness (QED) is 0.494. The molecule has 3 rings (SSSR count). The number of nitrogens with zero attached hydrogens (tertiary/aromatic N) is 1. The van der Waals surface area contributed by atoms with Crippen LogP contribution in [0.25, 0.3) is 10.8 Å². The van der Waals surface area contributed by atoms with Gasteiger partial charge in [-0.2, -0.15) is 0 Å². The number of aryl methyl sites for hydroxylation is 3. The van der Waals surface area contributed by atoms with Crippen molar-refractivity contribution in [1.82, 2.24) is 10.3 Å². The number of carbonyl (C=O) groups excluding carboxylic acids is 2. The van der Waals surface area contributed by atoms with E-state index in [9.17, 15) is 9.59 Å². The molecule has 1 heterocycles. The Kier molecular flexibility index (Phi) is 7.36. The maximum Gasteiger partial charge on any atom is 0.237 e. The Hall–Kier alpha value is -3.25. The van der Waals surface area contributed by atoms with Crippen LogP contribution in [0.1, 0.15) is 36.5 Å². The van der Waals surface area contributed by atoms with Crippen LogP contribution in [-0.4, -0.2) is 28.8 Å². The molecule has 5 N–H and O–H groups in total. The largest absolute Gasteiger partial charge is 0.383 e. The Balaban J connectivity index is 1.51. The summed E-state index contributed by atoms with van der Waals surface area (Å²) in [5.74, 6) is 0.196. The van der Waals surface area contributed by atoms with Crippen LogP contribution >= 0.6 is 0 Å². The van der Waals surface area contributed by atoms with Gasteiger partial charge in [0, 0.05) is 18.0 Å². The predicted molar refractivity (Wildman–Crippen MR) is 125 cm³/mol. The Morgan fingerprint density at radius 3 is 2.52 bits per heavy atom. The van der Waals surface area contributed by atoms with E-state index in [0.717, 1.165) is 33.9 Å². The number of amides is 1. The van der Waals surface area contributed by atoms with E-state index in [-0.39, 0.29) is 11.7 Å². The molecule has 0 saturated heterocycles. The Morgan fingerprint density at radius 1 is 1.03 bits per heavy atom. The standard InChI is InChI=1S/C25H30N4O2/c1-16-19(9-11-21-20(16)14-15-28-24(21)27)10-13-23(30)17(2)29-25(31)22(26)12-8-18-6-4-3-5-7-18/h3-7,9,11,14-15,17,22H,8,10,12-13,26H2,1-2H3,(H2,27,28)(H,29,31)/t17-,22+/m0/s1. The van der Waals surface area contributed by atoms with E-state index in [1.165, 1.54) is 0 Å². The van der Waals surface area contributed by atoms with E-state index in [1.807, 2.05) is 55.5 Å². The fourth-order valence-corrected chi connectivity index (χ4v) is 3.72. The molecule has 0 bridgehead atoms. The second-order valence-corrected chi connectivity index (χ2v) is 7.97.